The number of carbonyl (C=O) groups is 1. The molecule has 1 atom stereocenters. The van der Waals surface area contributed by atoms with Gasteiger partial charge in [-0.05, 0) is 25.1 Å². The molecule has 2 N–H and O–H groups in total. The summed E-state index contributed by atoms with van der Waals surface area (Å²) in [6.45, 7) is 0.918. The molecule has 0 saturated heterocycles. The molecule has 12 heteroatoms. The largest absolute Gasteiger partial charge is 0.417 e. The van der Waals surface area contributed by atoms with Gasteiger partial charge in [0.2, 0.25) is 14.2 Å². The van der Waals surface area contributed by atoms with Crippen LogP contribution in [0.2, 0.25) is 0 Å². The molecule has 0 aliphatic carbocycles. The van der Waals surface area contributed by atoms with Crippen LogP contribution in [0.25, 0.3) is 0 Å². The van der Waals surface area contributed by atoms with Crippen molar-refractivity contribution < 1.29 is 31.5 Å². The molecule has 1 heterocycles. The lowest BCUT2D eigenvalue weighted by Crippen LogP contribution is -2.45. The summed E-state index contributed by atoms with van der Waals surface area (Å²) >= 11 is 0.798. The summed E-state index contributed by atoms with van der Waals surface area (Å²) in [7, 11) is -4.08. The van der Waals surface area contributed by atoms with E-state index in [0.717, 1.165) is 30.4 Å². The Morgan fingerprint density at radius 2 is 2.07 bits per heavy atom. The zero-order chi connectivity index (χ0) is 20.5. The van der Waals surface area contributed by atoms with Crippen molar-refractivity contribution in [3.8, 4) is 6.07 Å². The number of carbonyl (C=O) groups excluding carboxylic acids is 1. The first-order valence-corrected chi connectivity index (χ1v) is 9.67. The number of thiazole rings is 1. The number of hydrogen-bond acceptors (Lipinski definition) is 7. The van der Waals surface area contributed by atoms with Crippen molar-refractivity contribution in [3.63, 3.8) is 0 Å². The summed E-state index contributed by atoms with van der Waals surface area (Å²) in [5.74, 6) is -2.23. The second-order valence-electron chi connectivity index (χ2n) is 5.66. The average Bonchev–Trinajstić information content (AvgIpc) is 3.08. The highest BCUT2D eigenvalue weighted by atomic mass is 32.2. The fourth-order valence-electron chi connectivity index (χ4n) is 2.08. The van der Waals surface area contributed by atoms with Gasteiger partial charge < -0.3 is 10.4 Å². The van der Waals surface area contributed by atoms with Crippen LogP contribution in [-0.2, 0) is 20.8 Å². The van der Waals surface area contributed by atoms with Crippen LogP contribution in [0.15, 0.2) is 34.1 Å². The number of anilines is 1. The minimum Gasteiger partial charge on any atom is -0.379 e. The topological polar surface area (TPSA) is 120 Å². The van der Waals surface area contributed by atoms with Crippen molar-refractivity contribution in [3.05, 3.63) is 40.9 Å². The number of halogens is 3. The van der Waals surface area contributed by atoms with Gasteiger partial charge in [-0.25, -0.2) is 13.4 Å². The Kier molecular flexibility index (Phi) is 5.60. The predicted molar refractivity (Wildman–Crippen MR) is 89.6 cm³/mol. The van der Waals surface area contributed by atoms with E-state index in [4.69, 9.17) is 5.26 Å². The van der Waals surface area contributed by atoms with Crippen LogP contribution in [0.4, 0.5) is 18.9 Å². The average molecular weight is 419 g/mol. The normalized spacial score (nSPS) is 14.2. The molecule has 0 aliphatic heterocycles. The molecule has 0 spiro atoms. The molecule has 144 valence electrons. The summed E-state index contributed by atoms with van der Waals surface area (Å²) in [4.78, 5) is 15.8. The second-order valence-corrected chi connectivity index (χ2v) is 8.71. The maximum absolute atomic E-state index is 13.0. The Labute approximate surface area is 156 Å². The highest BCUT2D eigenvalue weighted by Gasteiger charge is 2.38. The minimum absolute atomic E-state index is 0.298. The van der Waals surface area contributed by atoms with Gasteiger partial charge >= 0.3 is 6.18 Å². The number of nitrogens with one attached hydrogen (secondary N) is 1. The SMILES string of the molecule is CC(O)(CS(=O)(=O)c1nccs1)C(=O)Nc1ccc(C#N)c(C(F)(F)F)c1. The van der Waals surface area contributed by atoms with E-state index >= 15 is 0 Å². The molecule has 0 saturated carbocycles. The first kappa shape index (κ1) is 20.8. The number of hydrogen-bond donors (Lipinski definition) is 2. The van der Waals surface area contributed by atoms with Crippen molar-refractivity contribution in [2.75, 3.05) is 11.1 Å². The summed E-state index contributed by atoms with van der Waals surface area (Å²) < 4.78 is 62.9. The summed E-state index contributed by atoms with van der Waals surface area (Å²) in [5, 5.41) is 22.4. The molecule has 0 bridgehead atoms. The van der Waals surface area contributed by atoms with Crippen molar-refractivity contribution in [1.29, 1.82) is 5.26 Å². The van der Waals surface area contributed by atoms with E-state index in [1.807, 2.05) is 5.32 Å². The standard InChI is InChI=1S/C15H12F3N3O4S2/c1-14(23,8-27(24,25)13-20-4-5-26-13)12(22)21-10-3-2-9(7-19)11(6-10)15(16,17)18/h2-6,23H,8H2,1H3,(H,21,22). The van der Waals surface area contributed by atoms with E-state index < -0.39 is 44.4 Å². The van der Waals surface area contributed by atoms with Crippen LogP contribution in [0.3, 0.4) is 0 Å². The van der Waals surface area contributed by atoms with Gasteiger partial charge in [0, 0.05) is 17.3 Å². The Bertz CT molecular complexity index is 994. The Morgan fingerprint density at radius 3 is 2.59 bits per heavy atom. The highest BCUT2D eigenvalue weighted by Crippen LogP contribution is 2.33. The van der Waals surface area contributed by atoms with E-state index in [0.29, 0.717) is 6.07 Å². The number of nitrogens with zero attached hydrogens (tertiary/aromatic N) is 2. The van der Waals surface area contributed by atoms with Gasteiger partial charge in [0.1, 0.15) is 0 Å². The van der Waals surface area contributed by atoms with E-state index in [1.165, 1.54) is 17.6 Å². The molecule has 1 aromatic carbocycles. The molecule has 0 radical (unpaired) electrons. The molecular formula is C15H12F3N3O4S2. The molecule has 27 heavy (non-hydrogen) atoms. The fourth-order valence-corrected chi connectivity index (χ4v) is 4.59. The van der Waals surface area contributed by atoms with E-state index in [-0.39, 0.29) is 10.0 Å². The van der Waals surface area contributed by atoms with Gasteiger partial charge in [-0.2, -0.15) is 18.4 Å². The zero-order valence-corrected chi connectivity index (χ0v) is 15.2. The summed E-state index contributed by atoms with van der Waals surface area (Å²) in [6, 6.07) is 3.82. The van der Waals surface area contributed by atoms with Gasteiger partial charge in [0.25, 0.3) is 5.91 Å². The molecule has 1 unspecified atom stereocenters. The van der Waals surface area contributed by atoms with Gasteiger partial charge in [0.15, 0.2) is 5.60 Å². The smallest absolute Gasteiger partial charge is 0.379 e. The first-order chi connectivity index (χ1) is 12.4. The first-order valence-electron chi connectivity index (χ1n) is 7.14. The van der Waals surface area contributed by atoms with Crippen molar-refractivity contribution in [2.24, 2.45) is 0 Å². The van der Waals surface area contributed by atoms with Crippen LogP contribution in [0.5, 0.6) is 0 Å². The van der Waals surface area contributed by atoms with Gasteiger partial charge in [0.05, 0.1) is 22.9 Å². The molecule has 2 rings (SSSR count). The number of nitriles is 1. The lowest BCUT2D eigenvalue weighted by Gasteiger charge is -2.22. The summed E-state index contributed by atoms with van der Waals surface area (Å²) in [6.07, 6.45) is -3.59. The van der Waals surface area contributed by atoms with Crippen LogP contribution < -0.4 is 5.32 Å². The van der Waals surface area contributed by atoms with Crippen molar-refractivity contribution in [1.82, 2.24) is 4.98 Å². The minimum atomic E-state index is -4.83. The zero-order valence-electron chi connectivity index (χ0n) is 13.6. The summed E-state index contributed by atoms with van der Waals surface area (Å²) in [5.41, 5.74) is -4.69. The molecule has 1 aromatic heterocycles. The number of amides is 1. The van der Waals surface area contributed by atoms with Gasteiger partial charge in [-0.3, -0.25) is 4.79 Å². The Morgan fingerprint density at radius 1 is 1.41 bits per heavy atom. The van der Waals surface area contributed by atoms with E-state index in [2.05, 4.69) is 4.98 Å². The molecular weight excluding hydrogens is 407 g/mol. The van der Waals surface area contributed by atoms with Crippen molar-refractivity contribution in [2.45, 2.75) is 23.0 Å². The highest BCUT2D eigenvalue weighted by molar-refractivity contribution is 7.93. The third-order valence-corrected chi connectivity index (χ3v) is 6.53. The predicted octanol–water partition coefficient (Wildman–Crippen LogP) is 2.20. The second kappa shape index (κ2) is 7.26. The van der Waals surface area contributed by atoms with Crippen molar-refractivity contribution >= 4 is 32.8 Å². The maximum atomic E-state index is 13.0. The van der Waals surface area contributed by atoms with Crippen LogP contribution in [0, 0.1) is 11.3 Å². The number of sulfone groups is 1. The molecule has 0 fully saturated rings. The number of rotatable bonds is 5. The van der Waals surface area contributed by atoms with Gasteiger partial charge in [-0.15, -0.1) is 11.3 Å². The lowest BCUT2D eigenvalue weighted by atomic mass is 10.1. The van der Waals surface area contributed by atoms with E-state index in [1.54, 1.807) is 0 Å². The third kappa shape index (κ3) is 4.82. The Hall–Kier alpha value is -2.49. The number of aliphatic hydroxyl groups is 1. The Balaban J connectivity index is 2.25. The molecule has 2 aromatic rings. The number of benzene rings is 1. The number of aromatic nitrogens is 1. The van der Waals surface area contributed by atoms with E-state index in [9.17, 15) is 31.5 Å². The molecule has 0 aliphatic rings. The fraction of sp³-hybridized carbons (Fsp3) is 0.267. The maximum Gasteiger partial charge on any atom is 0.417 e. The monoisotopic (exact) mass is 419 g/mol. The number of alkyl halides is 3. The third-order valence-electron chi connectivity index (χ3n) is 3.34. The van der Waals surface area contributed by atoms with Crippen LogP contribution in [-0.4, -0.2) is 35.8 Å². The lowest BCUT2D eigenvalue weighted by molar-refractivity contribution is -0.137. The quantitative estimate of drug-likeness (QED) is 0.767. The molecule has 7 nitrogen and oxygen atoms in total. The van der Waals surface area contributed by atoms with Gasteiger partial charge in [-0.1, -0.05) is 0 Å². The van der Waals surface area contributed by atoms with Crippen LogP contribution >= 0.6 is 11.3 Å². The van der Waals surface area contributed by atoms with Crippen LogP contribution in [0.1, 0.15) is 18.1 Å². The molecule has 1 amide bonds.